The van der Waals surface area contributed by atoms with Crippen LogP contribution in [0.5, 0.6) is 0 Å². The second-order valence-corrected chi connectivity index (χ2v) is 7.16. The molecule has 112 valence electrons. The highest BCUT2D eigenvalue weighted by Gasteiger charge is 2.37. The molecule has 0 spiro atoms. The Morgan fingerprint density at radius 1 is 1.30 bits per heavy atom. The van der Waals surface area contributed by atoms with Gasteiger partial charge in [0.05, 0.1) is 4.90 Å². The standard InChI is InChI=1S/C13H17FN2O2S.ClH/c14-11-2-1-3-12(8-11)19(17,18)16-7-5-13-10(9-16)4-6-15-13;/h1-3,8,10,13,15H,4-7,9H2;1H. The molecule has 2 atom stereocenters. The van der Waals surface area contributed by atoms with E-state index in [-0.39, 0.29) is 17.3 Å². The van der Waals surface area contributed by atoms with Crippen molar-refractivity contribution in [2.45, 2.75) is 23.8 Å². The Balaban J connectivity index is 0.00000147. The zero-order valence-corrected chi connectivity index (χ0v) is 12.6. The maximum absolute atomic E-state index is 13.2. The van der Waals surface area contributed by atoms with Gasteiger partial charge in [0.2, 0.25) is 10.0 Å². The topological polar surface area (TPSA) is 49.4 Å². The highest BCUT2D eigenvalue weighted by molar-refractivity contribution is 7.89. The van der Waals surface area contributed by atoms with Crippen LogP contribution in [0.25, 0.3) is 0 Å². The van der Waals surface area contributed by atoms with Crippen LogP contribution in [0, 0.1) is 11.7 Å². The highest BCUT2D eigenvalue weighted by Crippen LogP contribution is 2.28. The molecular formula is C13H18ClFN2O2S. The van der Waals surface area contributed by atoms with Crippen LogP contribution in [0.2, 0.25) is 0 Å². The van der Waals surface area contributed by atoms with Crippen LogP contribution < -0.4 is 5.32 Å². The molecule has 7 heteroatoms. The van der Waals surface area contributed by atoms with Crippen LogP contribution in [0.1, 0.15) is 12.8 Å². The zero-order valence-electron chi connectivity index (χ0n) is 11.0. The second-order valence-electron chi connectivity index (χ2n) is 5.22. The van der Waals surface area contributed by atoms with Gasteiger partial charge >= 0.3 is 0 Å². The van der Waals surface area contributed by atoms with Gasteiger partial charge in [0, 0.05) is 19.1 Å². The molecule has 2 aliphatic heterocycles. The van der Waals surface area contributed by atoms with Gasteiger partial charge in [-0.15, -0.1) is 12.4 Å². The van der Waals surface area contributed by atoms with Crippen molar-refractivity contribution in [2.24, 2.45) is 5.92 Å². The third-order valence-electron chi connectivity index (χ3n) is 4.05. The van der Waals surface area contributed by atoms with Gasteiger partial charge in [-0.05, 0) is 43.5 Å². The smallest absolute Gasteiger partial charge is 0.243 e. The van der Waals surface area contributed by atoms with E-state index < -0.39 is 15.8 Å². The summed E-state index contributed by atoms with van der Waals surface area (Å²) in [7, 11) is -3.56. The highest BCUT2D eigenvalue weighted by atomic mass is 35.5. The largest absolute Gasteiger partial charge is 0.314 e. The summed E-state index contributed by atoms with van der Waals surface area (Å²) < 4.78 is 39.6. The SMILES string of the molecule is Cl.O=S(=O)(c1cccc(F)c1)N1CCC2NCCC2C1. The second kappa shape index (κ2) is 5.97. The lowest BCUT2D eigenvalue weighted by Gasteiger charge is -2.33. The molecule has 2 fully saturated rings. The molecule has 3 rings (SSSR count). The molecule has 0 radical (unpaired) electrons. The average Bonchev–Trinajstić information content (AvgIpc) is 2.85. The zero-order chi connectivity index (χ0) is 13.5. The third-order valence-corrected chi connectivity index (χ3v) is 5.91. The van der Waals surface area contributed by atoms with Crippen LogP contribution in [-0.2, 0) is 10.0 Å². The van der Waals surface area contributed by atoms with Crippen molar-refractivity contribution in [3.63, 3.8) is 0 Å². The normalized spacial score (nSPS) is 26.9. The predicted octanol–water partition coefficient (Wildman–Crippen LogP) is 1.62. The number of rotatable bonds is 2. The quantitative estimate of drug-likeness (QED) is 0.901. The molecule has 0 amide bonds. The number of piperidine rings is 1. The van der Waals surface area contributed by atoms with E-state index >= 15 is 0 Å². The molecule has 0 aliphatic carbocycles. The van der Waals surface area contributed by atoms with E-state index in [0.717, 1.165) is 25.5 Å². The van der Waals surface area contributed by atoms with Crippen molar-refractivity contribution < 1.29 is 12.8 Å². The maximum atomic E-state index is 13.2. The number of nitrogens with zero attached hydrogens (tertiary/aromatic N) is 1. The first-order valence-electron chi connectivity index (χ1n) is 6.56. The van der Waals surface area contributed by atoms with Gasteiger partial charge in [-0.2, -0.15) is 4.31 Å². The van der Waals surface area contributed by atoms with Crippen molar-refractivity contribution >= 4 is 22.4 Å². The van der Waals surface area contributed by atoms with Crippen LogP contribution in [-0.4, -0.2) is 38.4 Å². The number of sulfonamides is 1. The molecule has 2 aliphatic rings. The van der Waals surface area contributed by atoms with Gasteiger partial charge in [0.1, 0.15) is 5.82 Å². The molecule has 1 aromatic rings. The molecule has 2 saturated heterocycles. The molecule has 0 aromatic heterocycles. The molecule has 2 heterocycles. The summed E-state index contributed by atoms with van der Waals surface area (Å²) in [6, 6.07) is 5.68. The number of halogens is 2. The number of fused-ring (bicyclic) bond motifs is 1. The van der Waals surface area contributed by atoms with E-state index in [2.05, 4.69) is 5.32 Å². The average molecular weight is 321 g/mol. The van der Waals surface area contributed by atoms with Gasteiger partial charge in [0.25, 0.3) is 0 Å². The minimum atomic E-state index is -3.56. The van der Waals surface area contributed by atoms with E-state index in [9.17, 15) is 12.8 Å². The van der Waals surface area contributed by atoms with Crippen molar-refractivity contribution in [3.8, 4) is 0 Å². The summed E-state index contributed by atoms with van der Waals surface area (Å²) >= 11 is 0. The first kappa shape index (κ1) is 15.7. The lowest BCUT2D eigenvalue weighted by Crippen LogP contribution is -2.46. The van der Waals surface area contributed by atoms with Gasteiger partial charge in [-0.1, -0.05) is 6.07 Å². The van der Waals surface area contributed by atoms with Crippen molar-refractivity contribution in [1.82, 2.24) is 9.62 Å². The van der Waals surface area contributed by atoms with Crippen molar-refractivity contribution in [1.29, 1.82) is 0 Å². The third kappa shape index (κ3) is 2.83. The van der Waals surface area contributed by atoms with Gasteiger partial charge in [-0.3, -0.25) is 0 Å². The number of benzene rings is 1. The lowest BCUT2D eigenvalue weighted by molar-refractivity contribution is 0.247. The van der Waals surface area contributed by atoms with Crippen LogP contribution >= 0.6 is 12.4 Å². The van der Waals surface area contributed by atoms with Crippen molar-refractivity contribution in [2.75, 3.05) is 19.6 Å². The van der Waals surface area contributed by atoms with E-state index in [1.54, 1.807) is 0 Å². The monoisotopic (exact) mass is 320 g/mol. The predicted molar refractivity (Wildman–Crippen MR) is 76.9 cm³/mol. The van der Waals surface area contributed by atoms with Gasteiger partial charge in [0.15, 0.2) is 0 Å². The van der Waals surface area contributed by atoms with Crippen molar-refractivity contribution in [3.05, 3.63) is 30.1 Å². The molecule has 1 aromatic carbocycles. The maximum Gasteiger partial charge on any atom is 0.243 e. The van der Waals surface area contributed by atoms with Crippen LogP contribution in [0.15, 0.2) is 29.2 Å². The summed E-state index contributed by atoms with van der Waals surface area (Å²) in [6.45, 7) is 2.01. The Morgan fingerprint density at radius 2 is 2.10 bits per heavy atom. The van der Waals surface area contributed by atoms with Crippen LogP contribution in [0.3, 0.4) is 0 Å². The van der Waals surface area contributed by atoms with E-state index in [1.165, 1.54) is 22.5 Å². The molecule has 20 heavy (non-hydrogen) atoms. The fourth-order valence-corrected chi connectivity index (χ4v) is 4.55. The Hall–Kier alpha value is -0.690. The molecular weight excluding hydrogens is 303 g/mol. The summed E-state index contributed by atoms with van der Waals surface area (Å²) in [5, 5.41) is 3.40. The molecule has 0 saturated carbocycles. The van der Waals surface area contributed by atoms with Crippen LogP contribution in [0.4, 0.5) is 4.39 Å². The first-order valence-corrected chi connectivity index (χ1v) is 8.00. The lowest BCUT2D eigenvalue weighted by atomic mass is 9.95. The minimum Gasteiger partial charge on any atom is -0.314 e. The summed E-state index contributed by atoms with van der Waals surface area (Å²) in [5.41, 5.74) is 0. The number of nitrogens with one attached hydrogen (secondary N) is 1. The molecule has 1 N–H and O–H groups in total. The van der Waals surface area contributed by atoms with Gasteiger partial charge in [-0.25, -0.2) is 12.8 Å². The molecule has 4 nitrogen and oxygen atoms in total. The molecule has 0 bridgehead atoms. The van der Waals surface area contributed by atoms with Gasteiger partial charge < -0.3 is 5.32 Å². The molecule has 2 unspecified atom stereocenters. The van der Waals surface area contributed by atoms with E-state index in [1.807, 2.05) is 0 Å². The Labute approximate surface area is 124 Å². The van der Waals surface area contributed by atoms with E-state index in [0.29, 0.717) is 25.0 Å². The summed E-state index contributed by atoms with van der Waals surface area (Å²) in [6.07, 6.45) is 1.85. The van der Waals surface area contributed by atoms with E-state index in [4.69, 9.17) is 0 Å². The first-order chi connectivity index (χ1) is 9.07. The summed E-state index contributed by atoms with van der Waals surface area (Å²) in [4.78, 5) is 0.0527. The Morgan fingerprint density at radius 3 is 2.85 bits per heavy atom. The number of hydrogen-bond acceptors (Lipinski definition) is 3. The minimum absolute atomic E-state index is 0. The summed E-state index contributed by atoms with van der Waals surface area (Å²) in [5.74, 6) is -0.129. The Kier molecular flexibility index (Phi) is 4.69. The fourth-order valence-electron chi connectivity index (χ4n) is 3.01. The Bertz CT molecular complexity index is 581. The fraction of sp³-hybridized carbons (Fsp3) is 0.538. The number of hydrogen-bond donors (Lipinski definition) is 1.